The molecule has 1 aliphatic heterocycles. The van der Waals surface area contributed by atoms with Gasteiger partial charge in [-0.1, -0.05) is 79.8 Å². The summed E-state index contributed by atoms with van der Waals surface area (Å²) < 4.78 is 13.7. The maximum atomic E-state index is 14.2. The van der Waals surface area contributed by atoms with E-state index in [4.69, 9.17) is 14.1 Å². The van der Waals surface area contributed by atoms with Gasteiger partial charge < -0.3 is 9.15 Å². The van der Waals surface area contributed by atoms with Crippen LogP contribution in [-0.4, -0.2) is 27.1 Å². The van der Waals surface area contributed by atoms with E-state index in [1.165, 1.54) is 23.1 Å². The molecule has 0 saturated carbocycles. The van der Waals surface area contributed by atoms with E-state index in [9.17, 15) is 9.59 Å². The Bertz CT molecular complexity index is 2070. The van der Waals surface area contributed by atoms with Crippen molar-refractivity contribution in [3.8, 4) is 0 Å². The Morgan fingerprint density at radius 3 is 2.42 bits per heavy atom. The summed E-state index contributed by atoms with van der Waals surface area (Å²) >= 11 is 2.58. The van der Waals surface area contributed by atoms with Gasteiger partial charge in [-0.25, -0.2) is 19.8 Å². The Labute approximate surface area is 268 Å². The van der Waals surface area contributed by atoms with Crippen LogP contribution in [0.4, 0.5) is 0 Å². The number of aromatic nitrogens is 3. The van der Waals surface area contributed by atoms with Gasteiger partial charge in [0.2, 0.25) is 0 Å². The number of hydrogen-bond donors (Lipinski definition) is 0. The molecule has 1 atom stereocenters. The lowest BCUT2D eigenvalue weighted by Crippen LogP contribution is -2.40. The topological polar surface area (TPSA) is 99.6 Å². The van der Waals surface area contributed by atoms with Crippen molar-refractivity contribution < 1.29 is 13.9 Å². The third-order valence-corrected chi connectivity index (χ3v) is 9.09. The quantitative estimate of drug-likeness (QED) is 0.148. The first-order valence-electron chi connectivity index (χ1n) is 14.7. The fraction of sp³-hybridized carbons (Fsp3) is 0.229. The van der Waals surface area contributed by atoms with Crippen LogP contribution < -0.4 is 14.9 Å². The van der Waals surface area contributed by atoms with Crippen LogP contribution >= 0.6 is 23.1 Å². The second-order valence-corrected chi connectivity index (χ2v) is 12.9. The minimum absolute atomic E-state index is 0.194. The van der Waals surface area contributed by atoms with E-state index in [2.05, 4.69) is 23.8 Å². The lowest BCUT2D eigenvalue weighted by Gasteiger charge is -2.26. The number of benzene rings is 2. The van der Waals surface area contributed by atoms with Crippen LogP contribution in [0.5, 0.6) is 0 Å². The van der Waals surface area contributed by atoms with E-state index in [1.807, 2.05) is 86.6 Å². The predicted octanol–water partition coefficient (Wildman–Crippen LogP) is 6.21. The van der Waals surface area contributed by atoms with Crippen molar-refractivity contribution >= 4 is 40.8 Å². The summed E-state index contributed by atoms with van der Waals surface area (Å²) in [5, 5.41) is 1.20. The number of nitrogens with zero attached hydrogens (tertiary/aromatic N) is 4. The lowest BCUT2D eigenvalue weighted by molar-refractivity contribution is -0.138. The fourth-order valence-electron chi connectivity index (χ4n) is 5.24. The first kappa shape index (κ1) is 30.5. The standard InChI is InChI=1S/C35H32N4O4S2/c1-6-42-33(41)29-30(24-10-8-7-9-11-24)38-35-39(31(29)25-14-12-23(13-15-25)20(2)3)32(40)27(44-35)19-26-16-17-28(43-26)45-34-36-21(4)18-22(5)37-34/h7-20,31H,6H2,1-5H3/b27-19+/t31-/m1/s1. The number of aryl methyl sites for hydroxylation is 2. The van der Waals surface area contributed by atoms with Gasteiger partial charge in [0, 0.05) is 23.0 Å². The van der Waals surface area contributed by atoms with Crippen LogP contribution in [0, 0.1) is 13.8 Å². The van der Waals surface area contributed by atoms with E-state index in [1.54, 1.807) is 17.6 Å². The van der Waals surface area contributed by atoms with Crippen molar-refractivity contribution in [2.45, 2.75) is 56.8 Å². The van der Waals surface area contributed by atoms with E-state index < -0.39 is 12.0 Å². The molecule has 8 nitrogen and oxygen atoms in total. The maximum Gasteiger partial charge on any atom is 0.338 e. The highest BCUT2D eigenvalue weighted by Crippen LogP contribution is 2.35. The zero-order valence-corrected chi connectivity index (χ0v) is 27.2. The summed E-state index contributed by atoms with van der Waals surface area (Å²) in [5.41, 5.74) is 5.02. The largest absolute Gasteiger partial charge is 0.463 e. The lowest BCUT2D eigenvalue weighted by atomic mass is 9.91. The number of carbonyl (C=O) groups is 1. The van der Waals surface area contributed by atoms with Gasteiger partial charge in [-0.15, -0.1) is 0 Å². The molecule has 228 valence electrons. The van der Waals surface area contributed by atoms with E-state index in [0.717, 1.165) is 28.1 Å². The predicted molar refractivity (Wildman–Crippen MR) is 176 cm³/mol. The summed E-state index contributed by atoms with van der Waals surface area (Å²) in [7, 11) is 0. The minimum atomic E-state index is -0.733. The monoisotopic (exact) mass is 636 g/mol. The average molecular weight is 637 g/mol. The molecular formula is C35H32N4O4S2. The highest BCUT2D eigenvalue weighted by Gasteiger charge is 2.35. The van der Waals surface area contributed by atoms with Crippen molar-refractivity contribution in [1.29, 1.82) is 0 Å². The van der Waals surface area contributed by atoms with Crippen molar-refractivity contribution in [3.05, 3.63) is 132 Å². The van der Waals surface area contributed by atoms with Gasteiger partial charge in [-0.2, -0.15) is 0 Å². The zero-order valence-electron chi connectivity index (χ0n) is 25.6. The summed E-state index contributed by atoms with van der Waals surface area (Å²) in [6.07, 6.45) is 1.71. The molecule has 0 bridgehead atoms. The van der Waals surface area contributed by atoms with Crippen LogP contribution in [0.3, 0.4) is 0 Å². The second kappa shape index (κ2) is 12.8. The molecule has 5 aromatic rings. The van der Waals surface area contributed by atoms with E-state index >= 15 is 0 Å². The van der Waals surface area contributed by atoms with Crippen LogP contribution in [-0.2, 0) is 9.53 Å². The number of fused-ring (bicyclic) bond motifs is 1. The minimum Gasteiger partial charge on any atom is -0.463 e. The van der Waals surface area contributed by atoms with E-state index in [-0.39, 0.29) is 12.2 Å². The van der Waals surface area contributed by atoms with Crippen LogP contribution in [0.1, 0.15) is 66.6 Å². The molecule has 0 radical (unpaired) electrons. The average Bonchev–Trinajstić information content (AvgIpc) is 3.59. The summed E-state index contributed by atoms with van der Waals surface area (Å²) in [6, 6.07) is 22.4. The maximum absolute atomic E-state index is 14.2. The van der Waals surface area contributed by atoms with Crippen molar-refractivity contribution in [2.24, 2.45) is 4.99 Å². The molecule has 6 rings (SSSR count). The Kier molecular flexibility index (Phi) is 8.69. The van der Waals surface area contributed by atoms with Gasteiger partial charge >= 0.3 is 5.97 Å². The molecule has 10 heteroatoms. The molecule has 2 aromatic carbocycles. The molecule has 3 aromatic heterocycles. The van der Waals surface area contributed by atoms with Gasteiger partial charge in [0.05, 0.1) is 28.5 Å². The Balaban J connectivity index is 1.50. The Hall–Kier alpha value is -4.54. The molecule has 45 heavy (non-hydrogen) atoms. The number of rotatable bonds is 8. The zero-order chi connectivity index (χ0) is 31.7. The molecule has 0 spiro atoms. The summed E-state index contributed by atoms with van der Waals surface area (Å²) in [6.45, 7) is 10.1. The van der Waals surface area contributed by atoms with Crippen LogP contribution in [0.25, 0.3) is 11.8 Å². The highest BCUT2D eigenvalue weighted by molar-refractivity contribution is 7.99. The second-order valence-electron chi connectivity index (χ2n) is 10.9. The molecular weight excluding hydrogens is 605 g/mol. The molecule has 0 N–H and O–H groups in total. The smallest absolute Gasteiger partial charge is 0.338 e. The first-order valence-corrected chi connectivity index (χ1v) is 16.3. The van der Waals surface area contributed by atoms with Gasteiger partial charge in [-0.3, -0.25) is 9.36 Å². The fourth-order valence-corrected chi connectivity index (χ4v) is 7.06. The van der Waals surface area contributed by atoms with Gasteiger partial charge in [-0.05, 0) is 67.8 Å². The number of ether oxygens (including phenoxy) is 1. The van der Waals surface area contributed by atoms with Gasteiger partial charge in [0.15, 0.2) is 15.1 Å². The third kappa shape index (κ3) is 6.34. The molecule has 1 aliphatic rings. The Morgan fingerprint density at radius 2 is 1.76 bits per heavy atom. The molecule has 0 aliphatic carbocycles. The molecule has 4 heterocycles. The SMILES string of the molecule is CCOC(=O)C1=C(c2ccccc2)N=c2s/c(=C/c3ccc(Sc4nc(C)cc(C)n4)o3)c(=O)n2[C@@H]1c1ccc(C(C)C)cc1. The third-order valence-electron chi connectivity index (χ3n) is 7.32. The molecule has 0 fully saturated rings. The number of thiazole rings is 1. The Morgan fingerprint density at radius 1 is 1.04 bits per heavy atom. The number of esters is 1. The summed E-state index contributed by atoms with van der Waals surface area (Å²) in [4.78, 5) is 42.2. The van der Waals surface area contributed by atoms with Crippen LogP contribution in [0.15, 0.2) is 103 Å². The normalized spacial score (nSPS) is 14.9. The van der Waals surface area contributed by atoms with Crippen molar-refractivity contribution in [1.82, 2.24) is 14.5 Å². The first-order chi connectivity index (χ1) is 21.7. The highest BCUT2D eigenvalue weighted by atomic mass is 32.2. The van der Waals surface area contributed by atoms with Gasteiger partial charge in [0.25, 0.3) is 5.56 Å². The number of furan rings is 1. The molecule has 0 unspecified atom stereocenters. The molecule has 0 amide bonds. The van der Waals surface area contributed by atoms with Crippen molar-refractivity contribution in [3.63, 3.8) is 0 Å². The number of hydrogen-bond acceptors (Lipinski definition) is 9. The summed E-state index contributed by atoms with van der Waals surface area (Å²) in [5.74, 6) is 0.338. The van der Waals surface area contributed by atoms with Crippen molar-refractivity contribution in [2.75, 3.05) is 6.61 Å². The number of carbonyl (C=O) groups excluding carboxylic acids is 1. The molecule has 0 saturated heterocycles. The van der Waals surface area contributed by atoms with Crippen LogP contribution in [0.2, 0.25) is 0 Å². The van der Waals surface area contributed by atoms with E-state index in [0.29, 0.717) is 42.5 Å². The van der Waals surface area contributed by atoms with Gasteiger partial charge in [0.1, 0.15) is 5.76 Å².